The largest absolute Gasteiger partial charge is 0.390 e. The Balaban J connectivity index is 1.26. The van der Waals surface area contributed by atoms with Crippen LogP contribution >= 0.6 is 0 Å². The highest BCUT2D eigenvalue weighted by Crippen LogP contribution is 2.37. The van der Waals surface area contributed by atoms with Gasteiger partial charge in [-0.05, 0) is 49.4 Å². The minimum Gasteiger partial charge on any atom is -0.390 e. The van der Waals surface area contributed by atoms with Crippen molar-refractivity contribution in [1.82, 2.24) is 24.6 Å². The Hall–Kier alpha value is -3.17. The molecular formula is C26H31N7O3S. The molecule has 1 aliphatic carbocycles. The van der Waals surface area contributed by atoms with Crippen molar-refractivity contribution in [2.24, 2.45) is 0 Å². The summed E-state index contributed by atoms with van der Waals surface area (Å²) in [5.41, 5.74) is 2.61. The highest BCUT2D eigenvalue weighted by molar-refractivity contribution is 7.88. The number of β-amino-alcohol motifs (C(OH)–C–C–N with tert-alkyl or cyclic N) is 1. The van der Waals surface area contributed by atoms with E-state index in [4.69, 9.17) is 10.2 Å². The minimum absolute atomic E-state index is 0.0736. The van der Waals surface area contributed by atoms with Gasteiger partial charge in [-0.1, -0.05) is 0 Å². The summed E-state index contributed by atoms with van der Waals surface area (Å²) in [5, 5.41) is 28.6. The maximum Gasteiger partial charge on any atom is 0.211 e. The molecule has 3 aromatic rings. The first-order chi connectivity index (χ1) is 17.8. The molecular weight excluding hydrogens is 490 g/mol. The number of pyridine rings is 3. The van der Waals surface area contributed by atoms with Gasteiger partial charge in [0.15, 0.2) is 0 Å². The van der Waals surface area contributed by atoms with Gasteiger partial charge in [0.1, 0.15) is 11.9 Å². The fourth-order valence-corrected chi connectivity index (χ4v) is 6.24. The predicted molar refractivity (Wildman–Crippen MR) is 140 cm³/mol. The zero-order valence-electron chi connectivity index (χ0n) is 20.7. The second-order valence-corrected chi connectivity index (χ2v) is 12.0. The van der Waals surface area contributed by atoms with Crippen LogP contribution in [-0.2, 0) is 16.6 Å². The van der Waals surface area contributed by atoms with Crippen molar-refractivity contribution in [3.05, 3.63) is 59.8 Å². The second-order valence-electron chi connectivity index (χ2n) is 10.00. The number of aliphatic hydroxyl groups is 1. The Morgan fingerprint density at radius 1 is 1.19 bits per heavy atom. The van der Waals surface area contributed by atoms with E-state index in [2.05, 4.69) is 26.7 Å². The number of aliphatic hydroxyl groups excluding tert-OH is 1. The molecule has 4 heterocycles. The molecule has 0 unspecified atom stereocenters. The van der Waals surface area contributed by atoms with Crippen molar-refractivity contribution >= 4 is 26.6 Å². The van der Waals surface area contributed by atoms with Crippen LogP contribution in [0.3, 0.4) is 0 Å². The monoisotopic (exact) mass is 521 g/mol. The van der Waals surface area contributed by atoms with Crippen LogP contribution in [0.5, 0.6) is 0 Å². The predicted octanol–water partition coefficient (Wildman–Crippen LogP) is 2.13. The maximum absolute atomic E-state index is 11.8. The van der Waals surface area contributed by atoms with E-state index in [1.807, 2.05) is 30.6 Å². The van der Waals surface area contributed by atoms with Gasteiger partial charge in [-0.25, -0.2) is 13.4 Å². The molecule has 0 amide bonds. The summed E-state index contributed by atoms with van der Waals surface area (Å²) in [7, 11) is -3.33. The minimum atomic E-state index is -3.33. The lowest BCUT2D eigenvalue weighted by molar-refractivity contribution is 0.0952. The lowest BCUT2D eigenvalue weighted by Crippen LogP contribution is -2.51. The summed E-state index contributed by atoms with van der Waals surface area (Å²) in [6.07, 6.45) is 10.9. The third-order valence-electron chi connectivity index (χ3n) is 7.36. The molecule has 2 fully saturated rings. The first-order valence-corrected chi connectivity index (χ1v) is 14.4. The maximum atomic E-state index is 11.8. The van der Waals surface area contributed by atoms with Crippen LogP contribution in [0.15, 0.2) is 43.0 Å². The van der Waals surface area contributed by atoms with Gasteiger partial charge in [0.2, 0.25) is 10.0 Å². The number of nitrogens with zero attached hydrogens (tertiary/aromatic N) is 5. The van der Waals surface area contributed by atoms with E-state index in [0.717, 1.165) is 41.3 Å². The molecule has 37 heavy (non-hydrogen) atoms. The number of fused-ring (bicyclic) bond motifs is 1. The summed E-state index contributed by atoms with van der Waals surface area (Å²) in [5.74, 6) is 0.958. The SMILES string of the molecule is CS(=O)(=O)N1CC[C@@H](Nc2cc3c([C@H]4CC[C@H](NCc5cncc(C#N)c5)C4)nccc3cn2)[C@H](O)C1. The third kappa shape index (κ3) is 5.88. The Kier molecular flexibility index (Phi) is 7.35. The molecule has 4 atom stereocenters. The summed E-state index contributed by atoms with van der Waals surface area (Å²) in [4.78, 5) is 13.4. The Labute approximate surface area is 216 Å². The number of nitriles is 1. The van der Waals surface area contributed by atoms with Crippen LogP contribution in [0.25, 0.3) is 10.8 Å². The van der Waals surface area contributed by atoms with Gasteiger partial charge < -0.3 is 15.7 Å². The number of rotatable bonds is 7. The summed E-state index contributed by atoms with van der Waals surface area (Å²) in [6, 6.07) is 8.01. The fourth-order valence-electron chi connectivity index (χ4n) is 5.38. The number of aromatic nitrogens is 3. The average molecular weight is 522 g/mol. The number of nitrogens with one attached hydrogen (secondary N) is 2. The van der Waals surface area contributed by atoms with Crippen LogP contribution < -0.4 is 10.6 Å². The molecule has 5 rings (SSSR count). The van der Waals surface area contributed by atoms with Gasteiger partial charge in [0, 0.05) is 67.2 Å². The van der Waals surface area contributed by atoms with Crippen molar-refractivity contribution in [1.29, 1.82) is 5.26 Å². The molecule has 3 aromatic heterocycles. The second kappa shape index (κ2) is 10.7. The van der Waals surface area contributed by atoms with E-state index in [1.54, 1.807) is 12.4 Å². The van der Waals surface area contributed by atoms with E-state index in [0.29, 0.717) is 42.9 Å². The summed E-state index contributed by atoms with van der Waals surface area (Å²) < 4.78 is 25.0. The number of sulfonamides is 1. The zero-order valence-corrected chi connectivity index (χ0v) is 21.5. The van der Waals surface area contributed by atoms with Crippen LogP contribution in [0.4, 0.5) is 5.82 Å². The van der Waals surface area contributed by atoms with Crippen LogP contribution in [0.2, 0.25) is 0 Å². The summed E-state index contributed by atoms with van der Waals surface area (Å²) in [6.45, 7) is 1.10. The molecule has 2 aliphatic rings. The normalized spacial score (nSPS) is 24.7. The Bertz CT molecular complexity index is 1430. The van der Waals surface area contributed by atoms with Crippen LogP contribution in [0.1, 0.15) is 48.4 Å². The first kappa shape index (κ1) is 25.5. The molecule has 0 radical (unpaired) electrons. The molecule has 0 bridgehead atoms. The van der Waals surface area contributed by atoms with Gasteiger partial charge in [-0.15, -0.1) is 0 Å². The molecule has 194 valence electrons. The smallest absolute Gasteiger partial charge is 0.211 e. The van der Waals surface area contributed by atoms with E-state index in [1.165, 1.54) is 10.6 Å². The van der Waals surface area contributed by atoms with Crippen molar-refractivity contribution in [3.8, 4) is 6.07 Å². The van der Waals surface area contributed by atoms with Crippen molar-refractivity contribution < 1.29 is 13.5 Å². The van der Waals surface area contributed by atoms with Crippen molar-refractivity contribution in [2.75, 3.05) is 24.7 Å². The standard InChI is InChI=1S/C26H31N7O3S/c1-37(35,36)33-7-5-23(24(34)16-33)32-25-10-22-20(15-31-25)4-6-29-26(22)19-2-3-21(9-19)30-14-18-8-17(11-27)12-28-13-18/h4,6,8,10,12-13,15,19,21,23-24,30,34H,2-3,5,7,9,14,16H2,1H3,(H,31,32)/t19-,21-,23+,24+/m0/s1. The van der Waals surface area contributed by atoms with Gasteiger partial charge in [-0.3, -0.25) is 9.97 Å². The zero-order chi connectivity index (χ0) is 26.0. The lowest BCUT2D eigenvalue weighted by Gasteiger charge is -2.35. The molecule has 1 aliphatic heterocycles. The molecule has 1 saturated carbocycles. The highest BCUT2D eigenvalue weighted by Gasteiger charge is 2.32. The summed E-state index contributed by atoms with van der Waals surface area (Å²) >= 11 is 0. The van der Waals surface area contributed by atoms with Crippen molar-refractivity contribution in [3.63, 3.8) is 0 Å². The van der Waals surface area contributed by atoms with E-state index in [-0.39, 0.29) is 12.6 Å². The Morgan fingerprint density at radius 3 is 2.84 bits per heavy atom. The number of hydrogen-bond acceptors (Lipinski definition) is 9. The number of anilines is 1. The number of hydrogen-bond donors (Lipinski definition) is 3. The molecule has 10 nitrogen and oxygen atoms in total. The van der Waals surface area contributed by atoms with Crippen molar-refractivity contribution in [2.45, 2.75) is 56.3 Å². The molecule has 0 spiro atoms. The van der Waals surface area contributed by atoms with Crippen LogP contribution in [0, 0.1) is 11.3 Å². The first-order valence-electron chi connectivity index (χ1n) is 12.5. The molecule has 1 saturated heterocycles. The quantitative estimate of drug-likeness (QED) is 0.426. The lowest BCUT2D eigenvalue weighted by atomic mass is 9.98. The van der Waals surface area contributed by atoms with Gasteiger partial charge >= 0.3 is 0 Å². The van der Waals surface area contributed by atoms with Crippen LogP contribution in [-0.4, -0.2) is 70.3 Å². The van der Waals surface area contributed by atoms with E-state index < -0.39 is 16.1 Å². The average Bonchev–Trinajstić information content (AvgIpc) is 3.36. The van der Waals surface area contributed by atoms with E-state index >= 15 is 0 Å². The molecule has 11 heteroatoms. The number of piperidine rings is 1. The molecule has 0 aromatic carbocycles. The van der Waals surface area contributed by atoms with Gasteiger partial charge in [0.05, 0.1) is 29.7 Å². The Morgan fingerprint density at radius 2 is 2.05 bits per heavy atom. The highest BCUT2D eigenvalue weighted by atomic mass is 32.2. The third-order valence-corrected chi connectivity index (χ3v) is 8.63. The van der Waals surface area contributed by atoms with Gasteiger partial charge in [0.25, 0.3) is 0 Å². The van der Waals surface area contributed by atoms with Gasteiger partial charge in [-0.2, -0.15) is 9.57 Å². The topological polar surface area (TPSA) is 144 Å². The molecule has 3 N–H and O–H groups in total. The van der Waals surface area contributed by atoms with E-state index in [9.17, 15) is 13.5 Å². The fraction of sp³-hybridized carbons (Fsp3) is 0.462.